The Hall–Kier alpha value is -1.39. The Labute approximate surface area is 133 Å². The number of hydrogen-bond donors (Lipinski definition) is 3. The molecule has 0 aromatic heterocycles. The fourth-order valence-electron chi connectivity index (χ4n) is 3.12. The van der Waals surface area contributed by atoms with Gasteiger partial charge in [-0.15, -0.1) is 0 Å². The van der Waals surface area contributed by atoms with E-state index in [1.165, 1.54) is 0 Å². The van der Waals surface area contributed by atoms with Crippen LogP contribution in [0.3, 0.4) is 0 Å². The largest absolute Gasteiger partial charge is 0.396 e. The minimum absolute atomic E-state index is 0.0553. The second-order valence-corrected chi connectivity index (χ2v) is 7.18. The van der Waals surface area contributed by atoms with Crippen molar-refractivity contribution in [3.8, 4) is 0 Å². The van der Waals surface area contributed by atoms with Gasteiger partial charge in [0.25, 0.3) is 0 Å². The van der Waals surface area contributed by atoms with Crippen molar-refractivity contribution in [2.45, 2.75) is 45.1 Å². The molecule has 3 N–H and O–H groups in total. The van der Waals surface area contributed by atoms with Crippen molar-refractivity contribution in [3.63, 3.8) is 0 Å². The van der Waals surface area contributed by atoms with Crippen molar-refractivity contribution in [1.82, 2.24) is 10.6 Å². The van der Waals surface area contributed by atoms with Crippen LogP contribution >= 0.6 is 0 Å². The third kappa shape index (κ3) is 3.68. The summed E-state index contributed by atoms with van der Waals surface area (Å²) < 4.78 is 0. The lowest BCUT2D eigenvalue weighted by Crippen LogP contribution is -2.52. The van der Waals surface area contributed by atoms with E-state index in [0.717, 1.165) is 24.9 Å². The second-order valence-electron chi connectivity index (χ2n) is 7.18. The molecule has 1 aromatic carbocycles. The van der Waals surface area contributed by atoms with E-state index in [9.17, 15) is 9.90 Å². The number of amides is 1. The highest BCUT2D eigenvalue weighted by Crippen LogP contribution is 2.34. The highest BCUT2D eigenvalue weighted by Gasteiger charge is 2.37. The standard InChI is InChI=1S/C18H28N2O2/c1-17(2,13-21)15(14-8-5-4-6-9-14)12-19-16(22)18(3)10-7-11-20-18/h4-6,8-9,15,20-21H,7,10-13H2,1-3H3,(H,19,22). The van der Waals surface area contributed by atoms with Gasteiger partial charge in [0.15, 0.2) is 0 Å². The Morgan fingerprint density at radius 2 is 2.09 bits per heavy atom. The van der Waals surface area contributed by atoms with Gasteiger partial charge in [-0.25, -0.2) is 0 Å². The number of carbonyl (C=O) groups is 1. The molecule has 0 bridgehead atoms. The van der Waals surface area contributed by atoms with Gasteiger partial charge in [-0.1, -0.05) is 44.2 Å². The fourth-order valence-corrected chi connectivity index (χ4v) is 3.12. The maximum absolute atomic E-state index is 12.5. The van der Waals surface area contributed by atoms with Crippen LogP contribution < -0.4 is 10.6 Å². The molecule has 4 heteroatoms. The summed E-state index contributed by atoms with van der Waals surface area (Å²) >= 11 is 0. The average Bonchev–Trinajstić information content (AvgIpc) is 2.96. The van der Waals surface area contributed by atoms with Crippen LogP contribution in [0.1, 0.15) is 45.1 Å². The van der Waals surface area contributed by atoms with E-state index in [1.807, 2.05) is 39.0 Å². The molecular formula is C18H28N2O2. The molecule has 1 fully saturated rings. The Kier molecular flexibility index (Phi) is 5.24. The maximum atomic E-state index is 12.5. The summed E-state index contributed by atoms with van der Waals surface area (Å²) in [4.78, 5) is 12.5. The van der Waals surface area contributed by atoms with Crippen LogP contribution in [-0.4, -0.2) is 36.2 Å². The zero-order valence-electron chi connectivity index (χ0n) is 13.9. The van der Waals surface area contributed by atoms with Crippen LogP contribution in [0.5, 0.6) is 0 Å². The molecule has 4 nitrogen and oxygen atoms in total. The first kappa shape index (κ1) is 17.0. The Balaban J connectivity index is 2.09. The lowest BCUT2D eigenvalue weighted by molar-refractivity contribution is -0.126. The van der Waals surface area contributed by atoms with Crippen molar-refractivity contribution in [1.29, 1.82) is 0 Å². The van der Waals surface area contributed by atoms with Crippen molar-refractivity contribution in [3.05, 3.63) is 35.9 Å². The van der Waals surface area contributed by atoms with Crippen molar-refractivity contribution >= 4 is 5.91 Å². The van der Waals surface area contributed by atoms with Gasteiger partial charge in [0.05, 0.1) is 5.54 Å². The molecule has 1 amide bonds. The highest BCUT2D eigenvalue weighted by molar-refractivity contribution is 5.86. The lowest BCUT2D eigenvalue weighted by atomic mass is 9.75. The van der Waals surface area contributed by atoms with Gasteiger partial charge in [0.1, 0.15) is 0 Å². The van der Waals surface area contributed by atoms with E-state index in [2.05, 4.69) is 22.8 Å². The highest BCUT2D eigenvalue weighted by atomic mass is 16.3. The van der Waals surface area contributed by atoms with Crippen LogP contribution in [0.2, 0.25) is 0 Å². The molecule has 122 valence electrons. The second kappa shape index (κ2) is 6.80. The minimum atomic E-state index is -0.454. The Morgan fingerprint density at radius 3 is 2.64 bits per heavy atom. The van der Waals surface area contributed by atoms with Gasteiger partial charge >= 0.3 is 0 Å². The summed E-state index contributed by atoms with van der Waals surface area (Å²) in [6.07, 6.45) is 1.91. The molecule has 1 aliphatic heterocycles. The fraction of sp³-hybridized carbons (Fsp3) is 0.611. The molecule has 2 rings (SSSR count). The summed E-state index contributed by atoms with van der Waals surface area (Å²) in [6, 6.07) is 10.1. The Bertz CT molecular complexity index is 493. The van der Waals surface area contributed by atoms with Crippen molar-refractivity contribution in [2.24, 2.45) is 5.41 Å². The van der Waals surface area contributed by atoms with E-state index in [0.29, 0.717) is 6.54 Å². The first-order valence-corrected chi connectivity index (χ1v) is 8.08. The molecule has 0 radical (unpaired) electrons. The van der Waals surface area contributed by atoms with Crippen LogP contribution in [0.15, 0.2) is 30.3 Å². The van der Waals surface area contributed by atoms with E-state index in [4.69, 9.17) is 0 Å². The average molecular weight is 304 g/mol. The topological polar surface area (TPSA) is 61.4 Å². The van der Waals surface area contributed by atoms with Gasteiger partial charge in [0.2, 0.25) is 5.91 Å². The molecule has 1 aromatic rings. The SMILES string of the molecule is CC1(C(=O)NCC(c2ccccc2)C(C)(C)CO)CCCN1. The summed E-state index contributed by atoms with van der Waals surface area (Å²) in [5, 5.41) is 16.1. The normalized spacial score (nSPS) is 23.3. The molecule has 0 saturated carbocycles. The summed E-state index contributed by atoms with van der Waals surface area (Å²) in [5.74, 6) is 0.132. The van der Waals surface area contributed by atoms with E-state index >= 15 is 0 Å². The number of benzene rings is 1. The van der Waals surface area contributed by atoms with Gasteiger partial charge < -0.3 is 15.7 Å². The third-order valence-corrected chi connectivity index (χ3v) is 4.89. The molecule has 1 heterocycles. The summed E-state index contributed by atoms with van der Waals surface area (Å²) in [6.45, 7) is 7.54. The number of hydrogen-bond acceptors (Lipinski definition) is 3. The molecule has 0 spiro atoms. The van der Waals surface area contributed by atoms with E-state index in [-0.39, 0.29) is 23.8 Å². The molecule has 1 aliphatic rings. The van der Waals surface area contributed by atoms with Crippen LogP contribution in [0.4, 0.5) is 0 Å². The molecular weight excluding hydrogens is 276 g/mol. The van der Waals surface area contributed by atoms with E-state index < -0.39 is 5.54 Å². The molecule has 22 heavy (non-hydrogen) atoms. The van der Waals surface area contributed by atoms with Gasteiger partial charge in [-0.2, -0.15) is 0 Å². The summed E-state index contributed by atoms with van der Waals surface area (Å²) in [5.41, 5.74) is 0.398. The van der Waals surface area contributed by atoms with Crippen molar-refractivity contribution in [2.75, 3.05) is 19.7 Å². The van der Waals surface area contributed by atoms with Crippen LogP contribution in [0.25, 0.3) is 0 Å². The number of carbonyl (C=O) groups excluding carboxylic acids is 1. The van der Waals surface area contributed by atoms with Crippen LogP contribution in [0, 0.1) is 5.41 Å². The first-order valence-electron chi connectivity index (χ1n) is 8.08. The predicted molar refractivity (Wildman–Crippen MR) is 88.7 cm³/mol. The molecule has 1 saturated heterocycles. The first-order chi connectivity index (χ1) is 10.4. The minimum Gasteiger partial charge on any atom is -0.396 e. The van der Waals surface area contributed by atoms with Crippen LogP contribution in [-0.2, 0) is 4.79 Å². The van der Waals surface area contributed by atoms with Gasteiger partial charge in [-0.3, -0.25) is 4.79 Å². The quantitative estimate of drug-likeness (QED) is 0.754. The number of nitrogens with one attached hydrogen (secondary N) is 2. The number of aliphatic hydroxyl groups is 1. The monoisotopic (exact) mass is 304 g/mol. The van der Waals surface area contributed by atoms with E-state index in [1.54, 1.807) is 0 Å². The predicted octanol–water partition coefficient (Wildman–Crippen LogP) is 2.05. The van der Waals surface area contributed by atoms with Gasteiger partial charge in [-0.05, 0) is 37.3 Å². The number of rotatable bonds is 6. The smallest absolute Gasteiger partial charge is 0.240 e. The zero-order valence-corrected chi connectivity index (χ0v) is 13.9. The third-order valence-electron chi connectivity index (χ3n) is 4.89. The van der Waals surface area contributed by atoms with Crippen molar-refractivity contribution < 1.29 is 9.90 Å². The van der Waals surface area contributed by atoms with Gasteiger partial charge in [0, 0.05) is 19.1 Å². The summed E-state index contributed by atoms with van der Waals surface area (Å²) in [7, 11) is 0. The Morgan fingerprint density at radius 1 is 1.41 bits per heavy atom. The number of aliphatic hydroxyl groups excluding tert-OH is 1. The lowest BCUT2D eigenvalue weighted by Gasteiger charge is -2.34. The molecule has 0 aliphatic carbocycles. The zero-order chi connectivity index (χ0) is 16.2. The molecule has 2 unspecified atom stereocenters. The maximum Gasteiger partial charge on any atom is 0.240 e. The molecule has 2 atom stereocenters.